The molecule has 1 unspecified atom stereocenters. The first-order valence-corrected chi connectivity index (χ1v) is 4.45. The van der Waals surface area contributed by atoms with Crippen LogP contribution in [0.3, 0.4) is 0 Å². The summed E-state index contributed by atoms with van der Waals surface area (Å²) in [5.41, 5.74) is 13.1. The molecule has 3 heteroatoms. The quantitative estimate of drug-likeness (QED) is 0.577. The Bertz CT molecular complexity index is 290. The minimum absolute atomic E-state index is 0.161. The third kappa shape index (κ3) is 2.23. The van der Waals surface area contributed by atoms with Crippen molar-refractivity contribution in [1.29, 1.82) is 0 Å². The molecule has 0 aliphatic heterocycles. The predicted molar refractivity (Wildman–Crippen MR) is 57.6 cm³/mol. The van der Waals surface area contributed by atoms with E-state index in [4.69, 9.17) is 23.1 Å². The van der Waals surface area contributed by atoms with Gasteiger partial charge in [0.25, 0.3) is 0 Å². The van der Waals surface area contributed by atoms with Crippen LogP contribution in [0.1, 0.15) is 18.0 Å². The molecule has 0 heterocycles. The lowest BCUT2D eigenvalue weighted by Crippen LogP contribution is -2.12. The number of halogens is 1. The normalized spacial score (nSPS) is 12.5. The summed E-state index contributed by atoms with van der Waals surface area (Å²) < 4.78 is 0. The monoisotopic (exact) mass is 196 g/mol. The van der Waals surface area contributed by atoms with Gasteiger partial charge in [0.05, 0.1) is 0 Å². The van der Waals surface area contributed by atoms with Crippen LogP contribution in [0.5, 0.6) is 0 Å². The average Bonchev–Trinajstić information content (AvgIpc) is 2.04. The highest BCUT2D eigenvalue weighted by atomic mass is 35.5. The Kier molecular flexibility index (Phi) is 3.34. The first kappa shape index (κ1) is 10.1. The van der Waals surface area contributed by atoms with Gasteiger partial charge >= 0.3 is 0 Å². The van der Waals surface area contributed by atoms with E-state index in [9.17, 15) is 0 Å². The molecule has 70 valence electrons. The van der Waals surface area contributed by atoms with Crippen molar-refractivity contribution in [2.24, 2.45) is 5.73 Å². The van der Waals surface area contributed by atoms with Crippen LogP contribution in [-0.4, -0.2) is 0 Å². The van der Waals surface area contributed by atoms with Gasteiger partial charge in [-0.2, -0.15) is 0 Å². The highest BCUT2D eigenvalue weighted by Gasteiger charge is 2.11. The molecule has 0 amide bonds. The molecular weight excluding hydrogens is 184 g/mol. The SMILES string of the molecule is C=CCC(N)c1c(N)cccc1Cl. The molecule has 0 fully saturated rings. The van der Waals surface area contributed by atoms with Crippen LogP contribution in [0.25, 0.3) is 0 Å². The van der Waals surface area contributed by atoms with E-state index in [2.05, 4.69) is 6.58 Å². The second kappa shape index (κ2) is 4.30. The molecule has 0 aliphatic carbocycles. The molecule has 2 nitrogen and oxygen atoms in total. The van der Waals surface area contributed by atoms with Crippen LogP contribution >= 0.6 is 11.6 Å². The summed E-state index contributed by atoms with van der Waals surface area (Å²) in [4.78, 5) is 0. The first-order chi connectivity index (χ1) is 6.16. The van der Waals surface area contributed by atoms with Crippen molar-refractivity contribution in [2.45, 2.75) is 12.5 Å². The Morgan fingerprint density at radius 1 is 1.54 bits per heavy atom. The van der Waals surface area contributed by atoms with E-state index in [1.54, 1.807) is 18.2 Å². The van der Waals surface area contributed by atoms with E-state index in [-0.39, 0.29) is 6.04 Å². The number of benzene rings is 1. The molecule has 0 aromatic heterocycles. The number of anilines is 1. The van der Waals surface area contributed by atoms with E-state index in [0.717, 1.165) is 5.56 Å². The van der Waals surface area contributed by atoms with Crippen LogP contribution in [0.4, 0.5) is 5.69 Å². The maximum absolute atomic E-state index is 5.97. The molecule has 1 aromatic rings. The van der Waals surface area contributed by atoms with E-state index < -0.39 is 0 Å². The van der Waals surface area contributed by atoms with Crippen molar-refractivity contribution >= 4 is 17.3 Å². The van der Waals surface area contributed by atoms with Crippen molar-refractivity contribution in [3.05, 3.63) is 41.4 Å². The van der Waals surface area contributed by atoms with Crippen LogP contribution in [0.2, 0.25) is 5.02 Å². The summed E-state index contributed by atoms with van der Waals surface area (Å²) in [6.07, 6.45) is 2.43. The molecule has 0 radical (unpaired) electrons. The predicted octanol–water partition coefficient (Wildman–Crippen LogP) is 2.50. The molecule has 4 N–H and O–H groups in total. The lowest BCUT2D eigenvalue weighted by atomic mass is 10.0. The molecule has 0 bridgehead atoms. The Morgan fingerprint density at radius 2 is 2.23 bits per heavy atom. The molecule has 0 saturated heterocycles. The number of rotatable bonds is 3. The Labute approximate surface area is 83.2 Å². The highest BCUT2D eigenvalue weighted by molar-refractivity contribution is 6.31. The first-order valence-electron chi connectivity index (χ1n) is 4.07. The third-order valence-corrected chi connectivity index (χ3v) is 2.21. The van der Waals surface area contributed by atoms with Gasteiger partial charge < -0.3 is 11.5 Å². The summed E-state index contributed by atoms with van der Waals surface area (Å²) >= 11 is 5.97. The van der Waals surface area contributed by atoms with Crippen molar-refractivity contribution in [3.8, 4) is 0 Å². The zero-order chi connectivity index (χ0) is 9.84. The summed E-state index contributed by atoms with van der Waals surface area (Å²) in [7, 11) is 0. The van der Waals surface area contributed by atoms with E-state index in [1.165, 1.54) is 0 Å². The topological polar surface area (TPSA) is 52.0 Å². The lowest BCUT2D eigenvalue weighted by molar-refractivity contribution is 0.744. The number of nitrogens with two attached hydrogens (primary N) is 2. The lowest BCUT2D eigenvalue weighted by Gasteiger charge is -2.13. The largest absolute Gasteiger partial charge is 0.398 e. The molecule has 0 aliphatic rings. The maximum atomic E-state index is 5.97. The third-order valence-electron chi connectivity index (χ3n) is 1.88. The molecule has 1 atom stereocenters. The zero-order valence-corrected chi connectivity index (χ0v) is 8.09. The van der Waals surface area contributed by atoms with Gasteiger partial charge in [0.1, 0.15) is 0 Å². The fraction of sp³-hybridized carbons (Fsp3) is 0.200. The molecule has 0 spiro atoms. The van der Waals surface area contributed by atoms with Gasteiger partial charge in [0, 0.05) is 22.3 Å². The van der Waals surface area contributed by atoms with Crippen LogP contribution in [0.15, 0.2) is 30.9 Å². The summed E-state index contributed by atoms with van der Waals surface area (Å²) in [6, 6.07) is 5.23. The minimum Gasteiger partial charge on any atom is -0.398 e. The maximum Gasteiger partial charge on any atom is 0.0474 e. The van der Waals surface area contributed by atoms with Gasteiger partial charge in [-0.25, -0.2) is 0 Å². The Balaban J connectivity index is 3.04. The van der Waals surface area contributed by atoms with Crippen LogP contribution < -0.4 is 11.5 Å². The van der Waals surface area contributed by atoms with Gasteiger partial charge in [-0.3, -0.25) is 0 Å². The fourth-order valence-corrected chi connectivity index (χ4v) is 1.56. The number of nitrogen functional groups attached to an aromatic ring is 1. The Morgan fingerprint density at radius 3 is 2.77 bits per heavy atom. The van der Waals surface area contributed by atoms with Crippen LogP contribution in [-0.2, 0) is 0 Å². The van der Waals surface area contributed by atoms with Crippen molar-refractivity contribution in [3.63, 3.8) is 0 Å². The smallest absolute Gasteiger partial charge is 0.0474 e. The number of hydrogen-bond donors (Lipinski definition) is 2. The van der Waals surface area contributed by atoms with Crippen LogP contribution in [0, 0.1) is 0 Å². The van der Waals surface area contributed by atoms with Crippen molar-refractivity contribution < 1.29 is 0 Å². The van der Waals surface area contributed by atoms with Gasteiger partial charge in [-0.15, -0.1) is 6.58 Å². The average molecular weight is 197 g/mol. The fourth-order valence-electron chi connectivity index (χ4n) is 1.24. The van der Waals surface area contributed by atoms with Crippen molar-refractivity contribution in [2.75, 3.05) is 5.73 Å². The minimum atomic E-state index is -0.161. The van der Waals surface area contributed by atoms with Gasteiger partial charge in [-0.05, 0) is 18.6 Å². The Hall–Kier alpha value is -0.990. The highest BCUT2D eigenvalue weighted by Crippen LogP contribution is 2.28. The zero-order valence-electron chi connectivity index (χ0n) is 7.33. The van der Waals surface area contributed by atoms with E-state index in [1.807, 2.05) is 6.07 Å². The molecular formula is C10H13ClN2. The van der Waals surface area contributed by atoms with Gasteiger partial charge in [0.15, 0.2) is 0 Å². The van der Waals surface area contributed by atoms with Crippen molar-refractivity contribution in [1.82, 2.24) is 0 Å². The number of hydrogen-bond acceptors (Lipinski definition) is 2. The second-order valence-electron chi connectivity index (χ2n) is 2.87. The molecule has 1 rings (SSSR count). The second-order valence-corrected chi connectivity index (χ2v) is 3.28. The molecule has 13 heavy (non-hydrogen) atoms. The molecule has 1 aromatic carbocycles. The summed E-state index contributed by atoms with van der Waals surface area (Å²) in [5.74, 6) is 0. The van der Waals surface area contributed by atoms with Gasteiger partial charge in [0.2, 0.25) is 0 Å². The summed E-state index contributed by atoms with van der Waals surface area (Å²) in [6.45, 7) is 3.62. The van der Waals surface area contributed by atoms with E-state index >= 15 is 0 Å². The summed E-state index contributed by atoms with van der Waals surface area (Å²) in [5, 5.41) is 0.620. The molecule has 0 saturated carbocycles. The standard InChI is InChI=1S/C10H13ClN2/c1-2-4-8(12)10-7(11)5-3-6-9(10)13/h2-3,5-6,8H,1,4,12-13H2. The van der Waals surface area contributed by atoms with Gasteiger partial charge in [-0.1, -0.05) is 23.7 Å². The van der Waals surface area contributed by atoms with E-state index in [0.29, 0.717) is 17.1 Å².